The lowest BCUT2D eigenvalue weighted by atomic mass is 9.48. The Bertz CT molecular complexity index is 758. The zero-order valence-corrected chi connectivity index (χ0v) is 18.0. The number of halogens is 1. The summed E-state index contributed by atoms with van der Waals surface area (Å²) in [5, 5.41) is 3.54. The first kappa shape index (κ1) is 20.5. The molecule has 4 aliphatic rings. The molecular weight excluding hydrogens is 390 g/mol. The molecule has 1 aromatic carbocycles. The highest BCUT2D eigenvalue weighted by Crippen LogP contribution is 2.61. The first-order chi connectivity index (χ1) is 13.8. The second-order valence-electron chi connectivity index (χ2n) is 9.45. The van der Waals surface area contributed by atoms with Crippen molar-refractivity contribution in [3.8, 4) is 5.75 Å². The van der Waals surface area contributed by atoms with E-state index in [4.69, 9.17) is 21.1 Å². The van der Waals surface area contributed by atoms with Crippen molar-refractivity contribution in [2.45, 2.75) is 58.4 Å². The van der Waals surface area contributed by atoms with E-state index in [0.29, 0.717) is 10.8 Å². The van der Waals surface area contributed by atoms with Gasteiger partial charge in [-0.1, -0.05) is 17.7 Å². The first-order valence-corrected chi connectivity index (χ1v) is 11.0. The monoisotopic (exact) mass is 419 g/mol. The molecule has 5 rings (SSSR count). The van der Waals surface area contributed by atoms with E-state index in [2.05, 4.69) is 12.2 Å². The highest BCUT2D eigenvalue weighted by atomic mass is 35.5. The molecule has 4 saturated carbocycles. The van der Waals surface area contributed by atoms with Crippen LogP contribution in [0, 0.1) is 30.1 Å². The Hall–Kier alpha value is -1.75. The molecule has 29 heavy (non-hydrogen) atoms. The van der Waals surface area contributed by atoms with Gasteiger partial charge in [-0.2, -0.15) is 0 Å². The van der Waals surface area contributed by atoms with Gasteiger partial charge < -0.3 is 14.8 Å². The van der Waals surface area contributed by atoms with Gasteiger partial charge in [0.05, 0.1) is 5.02 Å². The summed E-state index contributed by atoms with van der Waals surface area (Å²) in [6.07, 6.45) is 7.81. The summed E-state index contributed by atoms with van der Waals surface area (Å²) in [5.41, 5.74) is 1.22. The number of hydrogen-bond donors (Lipinski definition) is 1. The van der Waals surface area contributed by atoms with Gasteiger partial charge in [-0.25, -0.2) is 4.79 Å². The van der Waals surface area contributed by atoms with E-state index in [0.717, 1.165) is 23.3 Å². The molecule has 1 aromatic rings. The summed E-state index contributed by atoms with van der Waals surface area (Å²) in [6.45, 7) is 3.48. The van der Waals surface area contributed by atoms with Crippen molar-refractivity contribution in [1.29, 1.82) is 0 Å². The number of esters is 1. The molecular formula is C23H30ClNO4. The maximum absolute atomic E-state index is 12.4. The number of amides is 1. The lowest BCUT2D eigenvalue weighted by molar-refractivity contribution is -0.151. The number of nitrogens with one attached hydrogen (secondary N) is 1. The average Bonchev–Trinajstić information content (AvgIpc) is 2.66. The Morgan fingerprint density at radius 3 is 2.38 bits per heavy atom. The fourth-order valence-corrected chi connectivity index (χ4v) is 6.36. The third-order valence-electron chi connectivity index (χ3n) is 7.18. The van der Waals surface area contributed by atoms with Gasteiger partial charge in [0, 0.05) is 6.04 Å². The Labute approximate surface area is 177 Å². The predicted octanol–water partition coefficient (Wildman–Crippen LogP) is 4.29. The Balaban J connectivity index is 1.23. The Kier molecular flexibility index (Phi) is 5.78. The van der Waals surface area contributed by atoms with Crippen molar-refractivity contribution in [3.05, 3.63) is 28.8 Å². The molecule has 0 unspecified atom stereocenters. The standard InChI is InChI=1S/C23H30ClNO4/c1-14-3-4-19(24)20(5-14)28-13-22(27)29-12-21(26)25-15(2)23-9-16-6-17(10-23)8-18(7-16)11-23/h3-5,15-18H,6-13H2,1-2H3,(H,25,26)/t15-,16?,17?,18?,23?/m1/s1. The maximum Gasteiger partial charge on any atom is 0.344 e. The minimum atomic E-state index is -0.583. The molecule has 6 heteroatoms. The lowest BCUT2D eigenvalue weighted by Gasteiger charge is -2.59. The van der Waals surface area contributed by atoms with Crippen molar-refractivity contribution in [3.63, 3.8) is 0 Å². The van der Waals surface area contributed by atoms with Crippen LogP contribution in [-0.4, -0.2) is 31.1 Å². The minimum absolute atomic E-state index is 0.115. The highest BCUT2D eigenvalue weighted by Gasteiger charge is 2.53. The summed E-state index contributed by atoms with van der Waals surface area (Å²) < 4.78 is 10.5. The van der Waals surface area contributed by atoms with Crippen LogP contribution in [0.4, 0.5) is 0 Å². The van der Waals surface area contributed by atoms with E-state index in [1.807, 2.05) is 13.0 Å². The molecule has 1 N–H and O–H groups in total. The summed E-state index contributed by atoms with van der Waals surface area (Å²) in [7, 11) is 0. The fraction of sp³-hybridized carbons (Fsp3) is 0.652. The van der Waals surface area contributed by atoms with Gasteiger partial charge in [0.2, 0.25) is 0 Å². The molecule has 0 radical (unpaired) electrons. The topological polar surface area (TPSA) is 64.6 Å². The molecule has 1 atom stereocenters. The van der Waals surface area contributed by atoms with Gasteiger partial charge in [-0.05, 0) is 93.2 Å². The molecule has 158 valence electrons. The summed E-state index contributed by atoms with van der Waals surface area (Å²) in [6, 6.07) is 5.46. The van der Waals surface area contributed by atoms with Crippen LogP contribution in [0.5, 0.6) is 5.75 Å². The zero-order chi connectivity index (χ0) is 20.6. The van der Waals surface area contributed by atoms with Crippen LogP contribution < -0.4 is 10.1 Å². The molecule has 4 fully saturated rings. The SMILES string of the molecule is Cc1ccc(Cl)c(OCC(=O)OCC(=O)N[C@H](C)C23CC4CC(CC(C4)C2)C3)c1. The number of hydrogen-bond acceptors (Lipinski definition) is 4. The molecule has 5 nitrogen and oxygen atoms in total. The molecule has 0 aromatic heterocycles. The predicted molar refractivity (Wildman–Crippen MR) is 111 cm³/mol. The van der Waals surface area contributed by atoms with E-state index < -0.39 is 5.97 Å². The fourth-order valence-electron chi connectivity index (χ4n) is 6.19. The number of rotatable bonds is 7. The average molecular weight is 420 g/mol. The molecule has 4 bridgehead atoms. The van der Waals surface area contributed by atoms with E-state index in [9.17, 15) is 9.59 Å². The zero-order valence-electron chi connectivity index (χ0n) is 17.2. The molecule has 0 saturated heterocycles. The van der Waals surface area contributed by atoms with Crippen LogP contribution in [0.25, 0.3) is 0 Å². The van der Waals surface area contributed by atoms with Crippen LogP contribution >= 0.6 is 11.6 Å². The van der Waals surface area contributed by atoms with Crippen molar-refractivity contribution in [2.24, 2.45) is 23.2 Å². The maximum atomic E-state index is 12.4. The second-order valence-corrected chi connectivity index (χ2v) is 9.86. The Morgan fingerprint density at radius 1 is 1.14 bits per heavy atom. The van der Waals surface area contributed by atoms with Crippen molar-refractivity contribution < 1.29 is 19.1 Å². The van der Waals surface area contributed by atoms with Gasteiger partial charge in [0.15, 0.2) is 13.2 Å². The summed E-state index contributed by atoms with van der Waals surface area (Å²) >= 11 is 6.05. The van der Waals surface area contributed by atoms with Crippen LogP contribution in [0.3, 0.4) is 0 Å². The van der Waals surface area contributed by atoms with E-state index >= 15 is 0 Å². The number of carbonyl (C=O) groups is 2. The van der Waals surface area contributed by atoms with E-state index in [1.54, 1.807) is 12.1 Å². The normalized spacial score (nSPS) is 30.7. The summed E-state index contributed by atoms with van der Waals surface area (Å²) in [5.74, 6) is 2.12. The molecule has 4 aliphatic carbocycles. The van der Waals surface area contributed by atoms with Crippen LogP contribution in [0.2, 0.25) is 5.02 Å². The quantitative estimate of drug-likeness (QED) is 0.669. The van der Waals surface area contributed by atoms with Crippen LogP contribution in [-0.2, 0) is 14.3 Å². The van der Waals surface area contributed by atoms with Gasteiger partial charge in [-0.3, -0.25) is 4.79 Å². The number of aryl methyl sites for hydroxylation is 1. The van der Waals surface area contributed by atoms with Gasteiger partial charge in [0.1, 0.15) is 5.75 Å². The van der Waals surface area contributed by atoms with Gasteiger partial charge >= 0.3 is 5.97 Å². The molecule has 0 spiro atoms. The van der Waals surface area contributed by atoms with Crippen molar-refractivity contribution in [1.82, 2.24) is 5.32 Å². The minimum Gasteiger partial charge on any atom is -0.480 e. The van der Waals surface area contributed by atoms with Gasteiger partial charge in [0.25, 0.3) is 5.91 Å². The van der Waals surface area contributed by atoms with Crippen LogP contribution in [0.15, 0.2) is 18.2 Å². The lowest BCUT2D eigenvalue weighted by Crippen LogP contribution is -2.56. The summed E-state index contributed by atoms with van der Waals surface area (Å²) in [4.78, 5) is 24.3. The molecule has 0 heterocycles. The smallest absolute Gasteiger partial charge is 0.344 e. The van der Waals surface area contributed by atoms with Gasteiger partial charge in [-0.15, -0.1) is 0 Å². The molecule has 0 aliphatic heterocycles. The second kappa shape index (κ2) is 8.17. The Morgan fingerprint density at radius 2 is 1.76 bits per heavy atom. The highest BCUT2D eigenvalue weighted by molar-refractivity contribution is 6.32. The number of benzene rings is 1. The van der Waals surface area contributed by atoms with Crippen molar-refractivity contribution in [2.75, 3.05) is 13.2 Å². The number of ether oxygens (including phenoxy) is 2. The first-order valence-electron chi connectivity index (χ1n) is 10.7. The van der Waals surface area contributed by atoms with E-state index in [1.165, 1.54) is 38.5 Å². The third kappa shape index (κ3) is 4.55. The largest absolute Gasteiger partial charge is 0.480 e. The third-order valence-corrected chi connectivity index (χ3v) is 7.49. The van der Waals surface area contributed by atoms with E-state index in [-0.39, 0.29) is 30.6 Å². The molecule has 1 amide bonds. The number of carbonyl (C=O) groups excluding carboxylic acids is 2. The van der Waals surface area contributed by atoms with Crippen LogP contribution in [0.1, 0.15) is 51.0 Å². The van der Waals surface area contributed by atoms with Crippen molar-refractivity contribution >= 4 is 23.5 Å².